The molecule has 130 valence electrons. The number of nitrogens with zero attached hydrogens (tertiary/aromatic N) is 4. The predicted octanol–water partition coefficient (Wildman–Crippen LogP) is 2.30. The molecule has 0 amide bonds. The first-order chi connectivity index (χ1) is 12.1. The lowest BCUT2D eigenvalue weighted by Gasteiger charge is -2.12. The summed E-state index contributed by atoms with van der Waals surface area (Å²) in [6, 6.07) is 4.63. The first-order valence-corrected chi connectivity index (χ1v) is 7.89. The minimum atomic E-state index is -0.880. The Morgan fingerprint density at radius 1 is 1.32 bits per heavy atom. The van der Waals surface area contributed by atoms with Crippen molar-refractivity contribution in [3.05, 3.63) is 36.2 Å². The molecule has 2 aromatic heterocycles. The molecule has 4 rings (SSSR count). The second-order valence-electron chi connectivity index (χ2n) is 5.77. The highest BCUT2D eigenvalue weighted by atomic mass is 19.1. The highest BCUT2D eigenvalue weighted by Crippen LogP contribution is 2.30. The molecule has 1 unspecified atom stereocenters. The molecule has 1 fully saturated rings. The molecule has 1 aromatic carbocycles. The zero-order valence-corrected chi connectivity index (χ0v) is 13.2. The summed E-state index contributed by atoms with van der Waals surface area (Å²) < 4.78 is 21.2. The average Bonchev–Trinajstić information content (AvgIpc) is 3.24. The molecule has 1 saturated heterocycles. The van der Waals surface area contributed by atoms with E-state index in [2.05, 4.69) is 20.3 Å². The molecular formula is C16H16FN5O3. The van der Waals surface area contributed by atoms with Crippen molar-refractivity contribution < 1.29 is 19.3 Å². The first kappa shape index (κ1) is 15.6. The van der Waals surface area contributed by atoms with Crippen molar-refractivity contribution in [2.24, 2.45) is 0 Å². The fraction of sp³-hybridized carbons (Fsp3) is 0.312. The Balaban J connectivity index is 1.66. The molecule has 0 aliphatic carbocycles. The van der Waals surface area contributed by atoms with Gasteiger partial charge in [0.2, 0.25) is 0 Å². The molecule has 0 saturated carbocycles. The van der Waals surface area contributed by atoms with Crippen LogP contribution in [0.4, 0.5) is 10.2 Å². The third-order valence-electron chi connectivity index (χ3n) is 4.15. The lowest BCUT2D eigenvalue weighted by molar-refractivity contribution is 0.0592. The smallest absolute Gasteiger partial charge is 0.312 e. The molecule has 0 bridgehead atoms. The zero-order chi connectivity index (χ0) is 17.4. The third kappa shape index (κ3) is 2.82. The SMILES string of the molecule is Oc1cccc(CNc2nc(F)nc3c2ncn3C2CCCO2)c1O. The van der Waals surface area contributed by atoms with Crippen LogP contribution < -0.4 is 5.32 Å². The third-order valence-corrected chi connectivity index (χ3v) is 4.15. The summed E-state index contributed by atoms with van der Waals surface area (Å²) in [5.41, 5.74) is 1.21. The maximum absolute atomic E-state index is 13.9. The van der Waals surface area contributed by atoms with Gasteiger partial charge in [0.1, 0.15) is 6.23 Å². The Labute approximate surface area is 141 Å². The van der Waals surface area contributed by atoms with Crippen molar-refractivity contribution in [3.63, 3.8) is 0 Å². The normalized spacial score (nSPS) is 17.2. The second-order valence-corrected chi connectivity index (χ2v) is 5.77. The summed E-state index contributed by atoms with van der Waals surface area (Å²) in [6.45, 7) is 0.790. The highest BCUT2D eigenvalue weighted by Gasteiger charge is 2.22. The number of aromatic nitrogens is 4. The van der Waals surface area contributed by atoms with Crippen LogP contribution in [-0.4, -0.2) is 36.3 Å². The van der Waals surface area contributed by atoms with Gasteiger partial charge in [-0.2, -0.15) is 14.4 Å². The van der Waals surface area contributed by atoms with E-state index in [1.165, 1.54) is 6.07 Å². The van der Waals surface area contributed by atoms with Crippen molar-refractivity contribution in [2.75, 3.05) is 11.9 Å². The van der Waals surface area contributed by atoms with Crippen LogP contribution >= 0.6 is 0 Å². The molecule has 3 aromatic rings. The summed E-state index contributed by atoms with van der Waals surface area (Å²) in [6.07, 6.45) is 2.22. The van der Waals surface area contributed by atoms with E-state index < -0.39 is 6.08 Å². The standard InChI is InChI=1S/C16H16FN5O3/c17-16-20-14(18-7-9-3-1-4-10(23)13(9)24)12-15(21-16)22(8-19-12)11-5-2-6-25-11/h1,3-4,8,11,23-24H,2,5-7H2,(H,18,20,21). The Kier molecular flexibility index (Phi) is 3.85. The number of benzene rings is 1. The van der Waals surface area contributed by atoms with Crippen molar-refractivity contribution in [2.45, 2.75) is 25.6 Å². The Morgan fingerprint density at radius 3 is 3.00 bits per heavy atom. The van der Waals surface area contributed by atoms with E-state index in [0.29, 0.717) is 23.3 Å². The molecule has 9 heteroatoms. The average molecular weight is 345 g/mol. The molecule has 1 aliphatic heterocycles. The van der Waals surface area contributed by atoms with Gasteiger partial charge in [-0.25, -0.2) is 4.98 Å². The number of ether oxygens (including phenoxy) is 1. The number of rotatable bonds is 4. The van der Waals surface area contributed by atoms with E-state index in [1.54, 1.807) is 23.0 Å². The number of phenols is 2. The Hall–Kier alpha value is -2.94. The van der Waals surface area contributed by atoms with E-state index in [1.807, 2.05) is 0 Å². The van der Waals surface area contributed by atoms with Crippen LogP contribution in [0.2, 0.25) is 0 Å². The van der Waals surface area contributed by atoms with Crippen molar-refractivity contribution >= 4 is 17.0 Å². The van der Waals surface area contributed by atoms with E-state index in [9.17, 15) is 14.6 Å². The highest BCUT2D eigenvalue weighted by molar-refractivity contribution is 5.82. The topological polar surface area (TPSA) is 105 Å². The molecule has 3 N–H and O–H groups in total. The van der Waals surface area contributed by atoms with Gasteiger partial charge in [-0.3, -0.25) is 4.57 Å². The number of halogens is 1. The molecular weight excluding hydrogens is 329 g/mol. The van der Waals surface area contributed by atoms with Crippen LogP contribution in [-0.2, 0) is 11.3 Å². The van der Waals surface area contributed by atoms with Gasteiger partial charge < -0.3 is 20.3 Å². The minimum Gasteiger partial charge on any atom is -0.504 e. The largest absolute Gasteiger partial charge is 0.504 e. The monoisotopic (exact) mass is 345 g/mol. The number of imidazole rings is 1. The number of para-hydroxylation sites is 1. The summed E-state index contributed by atoms with van der Waals surface area (Å²) in [7, 11) is 0. The van der Waals surface area contributed by atoms with Crippen molar-refractivity contribution in [1.29, 1.82) is 0 Å². The maximum Gasteiger partial charge on any atom is 0.312 e. The van der Waals surface area contributed by atoms with Gasteiger partial charge >= 0.3 is 6.08 Å². The maximum atomic E-state index is 13.9. The van der Waals surface area contributed by atoms with Gasteiger partial charge in [-0.1, -0.05) is 12.1 Å². The number of fused-ring (bicyclic) bond motifs is 1. The summed E-state index contributed by atoms with van der Waals surface area (Å²) in [4.78, 5) is 11.9. The van der Waals surface area contributed by atoms with Gasteiger partial charge in [0.15, 0.2) is 28.5 Å². The number of aromatic hydroxyl groups is 2. The van der Waals surface area contributed by atoms with Crippen LogP contribution in [0, 0.1) is 6.08 Å². The number of hydrogen-bond acceptors (Lipinski definition) is 7. The second kappa shape index (κ2) is 6.17. The van der Waals surface area contributed by atoms with Gasteiger partial charge in [-0.05, 0) is 18.9 Å². The molecule has 0 radical (unpaired) electrons. The number of nitrogens with one attached hydrogen (secondary N) is 1. The molecule has 25 heavy (non-hydrogen) atoms. The fourth-order valence-electron chi connectivity index (χ4n) is 2.90. The molecule has 0 spiro atoms. The van der Waals surface area contributed by atoms with E-state index in [4.69, 9.17) is 4.74 Å². The van der Waals surface area contributed by atoms with Crippen LogP contribution in [0.1, 0.15) is 24.6 Å². The lowest BCUT2D eigenvalue weighted by atomic mass is 10.2. The zero-order valence-electron chi connectivity index (χ0n) is 13.2. The van der Waals surface area contributed by atoms with Gasteiger partial charge in [-0.15, -0.1) is 0 Å². The molecule has 1 aliphatic rings. The number of anilines is 1. The van der Waals surface area contributed by atoms with Gasteiger partial charge in [0, 0.05) is 18.7 Å². The minimum absolute atomic E-state index is 0.137. The predicted molar refractivity (Wildman–Crippen MR) is 86.6 cm³/mol. The Bertz CT molecular complexity index is 924. The van der Waals surface area contributed by atoms with Crippen LogP contribution in [0.5, 0.6) is 11.5 Å². The van der Waals surface area contributed by atoms with Crippen LogP contribution in [0.25, 0.3) is 11.2 Å². The number of phenolic OH excluding ortho intramolecular Hbond substituents is 2. The number of hydrogen-bond donors (Lipinski definition) is 3. The summed E-state index contributed by atoms with van der Waals surface area (Å²) >= 11 is 0. The lowest BCUT2D eigenvalue weighted by Crippen LogP contribution is -2.09. The van der Waals surface area contributed by atoms with Crippen LogP contribution in [0.3, 0.4) is 0 Å². The summed E-state index contributed by atoms with van der Waals surface area (Å²) in [5, 5.41) is 22.3. The van der Waals surface area contributed by atoms with E-state index in [-0.39, 0.29) is 30.1 Å². The van der Waals surface area contributed by atoms with E-state index >= 15 is 0 Å². The Morgan fingerprint density at radius 2 is 2.20 bits per heavy atom. The van der Waals surface area contributed by atoms with Crippen molar-refractivity contribution in [3.8, 4) is 11.5 Å². The molecule has 3 heterocycles. The van der Waals surface area contributed by atoms with Crippen LogP contribution in [0.15, 0.2) is 24.5 Å². The quantitative estimate of drug-likeness (QED) is 0.492. The molecule has 1 atom stereocenters. The fourth-order valence-corrected chi connectivity index (χ4v) is 2.90. The van der Waals surface area contributed by atoms with Crippen molar-refractivity contribution in [1.82, 2.24) is 19.5 Å². The first-order valence-electron chi connectivity index (χ1n) is 7.89. The summed E-state index contributed by atoms with van der Waals surface area (Å²) in [5.74, 6) is -0.242. The van der Waals surface area contributed by atoms with E-state index in [0.717, 1.165) is 12.8 Å². The van der Waals surface area contributed by atoms with Gasteiger partial charge in [0.25, 0.3) is 0 Å². The molecule has 8 nitrogen and oxygen atoms in total. The van der Waals surface area contributed by atoms with Gasteiger partial charge in [0.05, 0.1) is 6.33 Å².